The topological polar surface area (TPSA) is 74.8 Å². The molecule has 0 saturated carbocycles. The summed E-state index contributed by atoms with van der Waals surface area (Å²) in [6.07, 6.45) is 0.963. The molecule has 26 heavy (non-hydrogen) atoms. The Labute approximate surface area is 157 Å². The van der Waals surface area contributed by atoms with Gasteiger partial charge in [-0.15, -0.1) is 0 Å². The number of methoxy groups -OCH3 is 1. The van der Waals surface area contributed by atoms with Gasteiger partial charge >= 0.3 is 0 Å². The maximum atomic E-state index is 11.9. The second-order valence-corrected chi connectivity index (χ2v) is 7.38. The standard InChI is InChI=1S/C20H34N4O2/c1-7-21-19(23-14-18(25)24-20(3,4)5)22-13-12-15(2)16-8-10-17(26-6)11-9-16/h8-11,15H,7,12-14H2,1-6H3,(H,24,25)(H2,21,22,23). The Hall–Kier alpha value is -2.24. The van der Waals surface area contributed by atoms with Crippen LogP contribution in [0.2, 0.25) is 0 Å². The summed E-state index contributed by atoms with van der Waals surface area (Å²) in [5.41, 5.74) is 1.03. The van der Waals surface area contributed by atoms with E-state index in [-0.39, 0.29) is 18.0 Å². The van der Waals surface area contributed by atoms with E-state index in [9.17, 15) is 4.79 Å². The van der Waals surface area contributed by atoms with E-state index >= 15 is 0 Å². The number of nitrogens with zero attached hydrogens (tertiary/aromatic N) is 1. The van der Waals surface area contributed by atoms with Crippen molar-refractivity contribution in [3.05, 3.63) is 29.8 Å². The highest BCUT2D eigenvalue weighted by atomic mass is 16.5. The van der Waals surface area contributed by atoms with Crippen LogP contribution in [0.1, 0.15) is 52.5 Å². The molecule has 0 aromatic heterocycles. The van der Waals surface area contributed by atoms with Crippen LogP contribution in [0.15, 0.2) is 29.3 Å². The van der Waals surface area contributed by atoms with Crippen LogP contribution < -0.4 is 20.7 Å². The molecular formula is C20H34N4O2. The molecular weight excluding hydrogens is 328 g/mol. The van der Waals surface area contributed by atoms with Crippen LogP contribution in [0.5, 0.6) is 5.75 Å². The second kappa shape index (κ2) is 10.7. The van der Waals surface area contributed by atoms with Gasteiger partial charge in [0, 0.05) is 18.6 Å². The Morgan fingerprint density at radius 2 is 1.85 bits per heavy atom. The minimum Gasteiger partial charge on any atom is -0.497 e. The van der Waals surface area contributed by atoms with Gasteiger partial charge in [-0.3, -0.25) is 4.79 Å². The first kappa shape index (κ1) is 21.8. The quantitative estimate of drug-likeness (QED) is 0.491. The Morgan fingerprint density at radius 3 is 2.38 bits per heavy atom. The third-order valence-electron chi connectivity index (χ3n) is 3.79. The lowest BCUT2D eigenvalue weighted by Crippen LogP contribution is -2.43. The molecule has 1 rings (SSSR count). The molecule has 1 unspecified atom stereocenters. The molecule has 0 aliphatic heterocycles. The van der Waals surface area contributed by atoms with Gasteiger partial charge in [-0.1, -0.05) is 19.1 Å². The molecule has 146 valence electrons. The van der Waals surface area contributed by atoms with Crippen LogP contribution >= 0.6 is 0 Å². The van der Waals surface area contributed by atoms with Crippen molar-refractivity contribution in [3.63, 3.8) is 0 Å². The fourth-order valence-corrected chi connectivity index (χ4v) is 2.46. The highest BCUT2D eigenvalue weighted by molar-refractivity contribution is 5.85. The summed E-state index contributed by atoms with van der Waals surface area (Å²) in [6.45, 7) is 11.7. The van der Waals surface area contributed by atoms with E-state index in [1.54, 1.807) is 7.11 Å². The van der Waals surface area contributed by atoms with Crippen LogP contribution in [0.25, 0.3) is 0 Å². The number of aliphatic imine (C=N–C) groups is 1. The highest BCUT2D eigenvalue weighted by Gasteiger charge is 2.13. The van der Waals surface area contributed by atoms with Gasteiger partial charge in [0.25, 0.3) is 0 Å². The molecule has 6 nitrogen and oxygen atoms in total. The fraction of sp³-hybridized carbons (Fsp3) is 0.600. The van der Waals surface area contributed by atoms with Gasteiger partial charge in [0.2, 0.25) is 5.91 Å². The summed E-state index contributed by atoms with van der Waals surface area (Å²) < 4.78 is 5.20. The normalized spacial score (nSPS) is 13.1. The molecule has 1 atom stereocenters. The highest BCUT2D eigenvalue weighted by Crippen LogP contribution is 2.21. The molecule has 0 bridgehead atoms. The molecule has 1 amide bonds. The molecule has 3 N–H and O–H groups in total. The van der Waals surface area contributed by atoms with Gasteiger partial charge in [0.1, 0.15) is 12.3 Å². The number of hydrogen-bond donors (Lipinski definition) is 3. The zero-order valence-electron chi connectivity index (χ0n) is 17.0. The number of nitrogens with one attached hydrogen (secondary N) is 3. The first-order chi connectivity index (χ1) is 12.2. The predicted octanol–water partition coefficient (Wildman–Crippen LogP) is 2.66. The molecule has 1 aromatic rings. The Bertz CT molecular complexity index is 576. The Balaban J connectivity index is 2.48. The van der Waals surface area contributed by atoms with Crippen LogP contribution in [-0.2, 0) is 4.79 Å². The SMILES string of the molecule is CCNC(=NCC(=O)NC(C)(C)C)NCCC(C)c1ccc(OC)cc1. The van der Waals surface area contributed by atoms with Gasteiger partial charge < -0.3 is 20.7 Å². The lowest BCUT2D eigenvalue weighted by atomic mass is 9.98. The first-order valence-corrected chi connectivity index (χ1v) is 9.22. The predicted molar refractivity (Wildman–Crippen MR) is 108 cm³/mol. The average molecular weight is 363 g/mol. The largest absolute Gasteiger partial charge is 0.497 e. The van der Waals surface area contributed by atoms with Gasteiger partial charge in [0.15, 0.2) is 5.96 Å². The summed E-state index contributed by atoms with van der Waals surface area (Å²) in [5.74, 6) is 1.87. The van der Waals surface area contributed by atoms with Gasteiger partial charge in [-0.05, 0) is 57.7 Å². The number of carbonyl (C=O) groups is 1. The second-order valence-electron chi connectivity index (χ2n) is 7.38. The lowest BCUT2D eigenvalue weighted by molar-refractivity contribution is -0.121. The van der Waals surface area contributed by atoms with Crippen molar-refractivity contribution in [1.29, 1.82) is 0 Å². The van der Waals surface area contributed by atoms with Crippen molar-refractivity contribution in [2.75, 3.05) is 26.7 Å². The monoisotopic (exact) mass is 362 g/mol. The number of hydrogen-bond acceptors (Lipinski definition) is 3. The van der Waals surface area contributed by atoms with Crippen LogP contribution in [0.3, 0.4) is 0 Å². The molecule has 6 heteroatoms. The van der Waals surface area contributed by atoms with Crippen molar-refractivity contribution >= 4 is 11.9 Å². The van der Waals surface area contributed by atoms with E-state index in [2.05, 4.69) is 40.0 Å². The van der Waals surface area contributed by atoms with Crippen LogP contribution in [0, 0.1) is 0 Å². The molecule has 0 heterocycles. The van der Waals surface area contributed by atoms with E-state index in [0.29, 0.717) is 11.9 Å². The summed E-state index contributed by atoms with van der Waals surface area (Å²) in [4.78, 5) is 16.3. The number of amides is 1. The van der Waals surface area contributed by atoms with Crippen LogP contribution in [-0.4, -0.2) is 44.1 Å². The number of carbonyl (C=O) groups excluding carboxylic acids is 1. The molecule has 0 fully saturated rings. The van der Waals surface area contributed by atoms with E-state index in [1.807, 2.05) is 39.8 Å². The fourth-order valence-electron chi connectivity index (χ4n) is 2.46. The third-order valence-corrected chi connectivity index (χ3v) is 3.79. The van der Waals surface area contributed by atoms with Crippen molar-refractivity contribution in [3.8, 4) is 5.75 Å². The molecule has 1 aromatic carbocycles. The van der Waals surface area contributed by atoms with Crippen molar-refractivity contribution in [2.45, 2.75) is 52.5 Å². The molecule has 0 saturated heterocycles. The minimum atomic E-state index is -0.244. The summed E-state index contributed by atoms with van der Waals surface area (Å²) in [7, 11) is 1.67. The zero-order valence-corrected chi connectivity index (χ0v) is 17.0. The third kappa shape index (κ3) is 8.74. The van der Waals surface area contributed by atoms with Gasteiger partial charge in [0.05, 0.1) is 7.11 Å². The first-order valence-electron chi connectivity index (χ1n) is 9.22. The number of benzene rings is 1. The van der Waals surface area contributed by atoms with Crippen molar-refractivity contribution < 1.29 is 9.53 Å². The van der Waals surface area contributed by atoms with E-state index < -0.39 is 0 Å². The smallest absolute Gasteiger partial charge is 0.242 e. The maximum Gasteiger partial charge on any atom is 0.242 e. The molecule has 0 aliphatic rings. The maximum absolute atomic E-state index is 11.9. The Morgan fingerprint density at radius 1 is 1.19 bits per heavy atom. The van der Waals surface area contributed by atoms with Crippen LogP contribution in [0.4, 0.5) is 0 Å². The number of ether oxygens (including phenoxy) is 1. The van der Waals surface area contributed by atoms with Gasteiger partial charge in [-0.25, -0.2) is 4.99 Å². The number of rotatable bonds is 8. The molecule has 0 radical (unpaired) electrons. The summed E-state index contributed by atoms with van der Waals surface area (Å²) >= 11 is 0. The molecule has 0 spiro atoms. The van der Waals surface area contributed by atoms with E-state index in [4.69, 9.17) is 4.74 Å². The van der Waals surface area contributed by atoms with Gasteiger partial charge in [-0.2, -0.15) is 0 Å². The van der Waals surface area contributed by atoms with Crippen molar-refractivity contribution in [1.82, 2.24) is 16.0 Å². The zero-order chi connectivity index (χ0) is 19.6. The van der Waals surface area contributed by atoms with E-state index in [1.165, 1.54) is 5.56 Å². The summed E-state index contributed by atoms with van der Waals surface area (Å²) in [5, 5.41) is 9.38. The Kier molecular flexibility index (Phi) is 8.96. The minimum absolute atomic E-state index is 0.0821. The van der Waals surface area contributed by atoms with E-state index in [0.717, 1.165) is 25.3 Å². The summed E-state index contributed by atoms with van der Waals surface area (Å²) in [6, 6.07) is 8.16. The lowest BCUT2D eigenvalue weighted by Gasteiger charge is -2.20. The molecule has 0 aliphatic carbocycles. The number of guanidine groups is 1. The average Bonchev–Trinajstić information content (AvgIpc) is 2.58. The van der Waals surface area contributed by atoms with Crippen molar-refractivity contribution in [2.24, 2.45) is 4.99 Å².